The molecule has 0 heterocycles. The van der Waals surface area contributed by atoms with Crippen LogP contribution in [0.4, 0.5) is 0 Å². The molecule has 0 radical (unpaired) electrons. The molecule has 98 valence electrons. The summed E-state index contributed by atoms with van der Waals surface area (Å²) in [7, 11) is 0. The van der Waals surface area contributed by atoms with Crippen LogP contribution in [0.25, 0.3) is 0 Å². The van der Waals surface area contributed by atoms with Crippen molar-refractivity contribution < 1.29 is 39.5 Å². The number of carbonyl (C=O) groups excluding carboxylic acids is 1. The zero-order valence-corrected chi connectivity index (χ0v) is 14.3. The average Bonchev–Trinajstić information content (AvgIpc) is 2.45. The third-order valence-electron chi connectivity index (χ3n) is 2.82. The number of carboxylic acid groups (broad SMARTS) is 1. The number of rotatable bonds is 6. The van der Waals surface area contributed by atoms with Gasteiger partial charge in [0.2, 0.25) is 0 Å². The maximum absolute atomic E-state index is 11.2. The van der Waals surface area contributed by atoms with Gasteiger partial charge in [0.1, 0.15) is 0 Å². The molecular weight excluding hydrogens is 279 g/mol. The first kappa shape index (κ1) is 17.3. The Kier molecular flexibility index (Phi) is 8.00. The Morgan fingerprint density at radius 3 is 1.95 bits per heavy atom. The smallest absolute Gasteiger partial charge is 0.549 e. The van der Waals surface area contributed by atoms with Crippen LogP contribution in [0.15, 0.2) is 60.7 Å². The van der Waals surface area contributed by atoms with Gasteiger partial charge in [-0.2, -0.15) is 0 Å². The number of benzene rings is 2. The molecule has 0 N–H and O–H groups in total. The first-order chi connectivity index (χ1) is 9.25. The molecule has 0 aliphatic rings. The predicted molar refractivity (Wildman–Crippen MR) is 76.7 cm³/mol. The first-order valence-electron chi connectivity index (χ1n) is 6.16. The molecule has 0 aliphatic carbocycles. The Balaban J connectivity index is 0.00000200. The van der Waals surface area contributed by atoms with Gasteiger partial charge in [-0.15, -0.1) is 11.8 Å². The fourth-order valence-corrected chi connectivity index (χ4v) is 2.84. The third kappa shape index (κ3) is 5.71. The molecule has 20 heavy (non-hydrogen) atoms. The van der Waals surface area contributed by atoms with E-state index in [1.807, 2.05) is 60.7 Å². The molecule has 1 unspecified atom stereocenters. The van der Waals surface area contributed by atoms with Gasteiger partial charge in [-0.05, 0) is 17.5 Å². The van der Waals surface area contributed by atoms with Crippen molar-refractivity contribution in [2.24, 2.45) is 0 Å². The van der Waals surface area contributed by atoms with E-state index in [9.17, 15) is 9.90 Å². The van der Waals surface area contributed by atoms with Crippen LogP contribution in [-0.4, -0.2) is 11.2 Å². The summed E-state index contributed by atoms with van der Waals surface area (Å²) in [5.41, 5.74) is 2.16. The van der Waals surface area contributed by atoms with Crippen LogP contribution in [0.2, 0.25) is 0 Å². The Bertz CT molecular complexity index is 517. The van der Waals surface area contributed by atoms with E-state index in [0.29, 0.717) is 12.2 Å². The van der Waals surface area contributed by atoms with Gasteiger partial charge in [0.15, 0.2) is 0 Å². The zero-order valence-electron chi connectivity index (χ0n) is 11.5. The predicted octanol–water partition coefficient (Wildman–Crippen LogP) is -0.715. The largest absolute Gasteiger partial charge is 1.00 e. The molecule has 0 amide bonds. The maximum Gasteiger partial charge on any atom is 1.00 e. The van der Waals surface area contributed by atoms with Gasteiger partial charge in [-0.25, -0.2) is 0 Å². The summed E-state index contributed by atoms with van der Waals surface area (Å²) in [5.74, 6) is -0.309. The minimum atomic E-state index is -0.996. The number of carboxylic acids is 1. The van der Waals surface area contributed by atoms with Crippen LogP contribution in [0, 0.1) is 0 Å². The molecule has 0 saturated carbocycles. The van der Waals surface area contributed by atoms with Gasteiger partial charge in [0.25, 0.3) is 0 Å². The summed E-state index contributed by atoms with van der Waals surface area (Å²) in [4.78, 5) is 11.2. The molecule has 0 bridgehead atoms. The Morgan fingerprint density at radius 1 is 0.950 bits per heavy atom. The molecule has 2 rings (SSSR count). The summed E-state index contributed by atoms with van der Waals surface area (Å²) < 4.78 is 0. The number of hydrogen-bond donors (Lipinski definition) is 0. The van der Waals surface area contributed by atoms with Crippen molar-refractivity contribution in [1.82, 2.24) is 0 Å². The van der Waals surface area contributed by atoms with E-state index in [0.717, 1.165) is 11.1 Å². The minimum absolute atomic E-state index is 0. The van der Waals surface area contributed by atoms with E-state index in [1.165, 1.54) is 11.8 Å². The second-order valence-electron chi connectivity index (χ2n) is 4.29. The summed E-state index contributed by atoms with van der Waals surface area (Å²) in [6.45, 7) is 0. The Labute approximate surface area is 145 Å². The fraction of sp³-hybridized carbons (Fsp3) is 0.188. The second kappa shape index (κ2) is 9.24. The molecule has 1 atom stereocenters. The quantitative estimate of drug-likeness (QED) is 0.661. The van der Waals surface area contributed by atoms with Gasteiger partial charge in [-0.3, -0.25) is 0 Å². The van der Waals surface area contributed by atoms with E-state index >= 15 is 0 Å². The van der Waals surface area contributed by atoms with Crippen LogP contribution in [0.1, 0.15) is 11.1 Å². The summed E-state index contributed by atoms with van der Waals surface area (Å²) in [6.07, 6.45) is 0.501. The van der Waals surface area contributed by atoms with Gasteiger partial charge in [-0.1, -0.05) is 60.7 Å². The maximum atomic E-state index is 11.2. The average molecular weight is 294 g/mol. The first-order valence-corrected chi connectivity index (χ1v) is 7.21. The molecule has 2 nitrogen and oxygen atoms in total. The van der Waals surface area contributed by atoms with E-state index < -0.39 is 11.2 Å². The Morgan fingerprint density at radius 2 is 1.45 bits per heavy atom. The van der Waals surface area contributed by atoms with Crippen molar-refractivity contribution >= 4 is 17.7 Å². The van der Waals surface area contributed by atoms with Crippen molar-refractivity contribution in [2.75, 3.05) is 0 Å². The minimum Gasteiger partial charge on any atom is -0.549 e. The van der Waals surface area contributed by atoms with Gasteiger partial charge < -0.3 is 9.90 Å². The molecular formula is C16H15NaO2S. The third-order valence-corrected chi connectivity index (χ3v) is 4.08. The SMILES string of the molecule is O=C([O-])C(Cc1ccccc1)SCc1ccccc1.[Na+]. The van der Waals surface area contributed by atoms with Gasteiger partial charge in [0, 0.05) is 11.0 Å². The summed E-state index contributed by atoms with van der Waals surface area (Å²) >= 11 is 1.42. The van der Waals surface area contributed by atoms with Crippen molar-refractivity contribution in [3.05, 3.63) is 71.8 Å². The van der Waals surface area contributed by atoms with Crippen molar-refractivity contribution in [2.45, 2.75) is 17.4 Å². The topological polar surface area (TPSA) is 40.1 Å². The second-order valence-corrected chi connectivity index (χ2v) is 5.49. The van der Waals surface area contributed by atoms with Crippen LogP contribution in [0.5, 0.6) is 0 Å². The van der Waals surface area contributed by atoms with E-state index in [-0.39, 0.29) is 29.6 Å². The van der Waals surface area contributed by atoms with Crippen LogP contribution < -0.4 is 34.7 Å². The van der Waals surface area contributed by atoms with Crippen molar-refractivity contribution in [1.29, 1.82) is 0 Å². The molecule has 0 aromatic heterocycles. The van der Waals surface area contributed by atoms with Crippen molar-refractivity contribution in [3.63, 3.8) is 0 Å². The molecule has 0 saturated heterocycles. The van der Waals surface area contributed by atoms with Gasteiger partial charge >= 0.3 is 29.6 Å². The molecule has 2 aromatic carbocycles. The van der Waals surface area contributed by atoms with Crippen LogP contribution in [0.3, 0.4) is 0 Å². The van der Waals surface area contributed by atoms with E-state index in [1.54, 1.807) is 0 Å². The normalized spacial score (nSPS) is 11.4. The van der Waals surface area contributed by atoms with E-state index in [4.69, 9.17) is 0 Å². The molecule has 0 aliphatic heterocycles. The monoisotopic (exact) mass is 294 g/mol. The number of thioether (sulfide) groups is 1. The molecule has 4 heteroatoms. The standard InChI is InChI=1S/C16H16O2S.Na/c17-16(18)15(11-13-7-3-1-4-8-13)19-12-14-9-5-2-6-10-14;/h1-10,15H,11-12H2,(H,17,18);/q;+1/p-1. The van der Waals surface area contributed by atoms with E-state index in [2.05, 4.69) is 0 Å². The van der Waals surface area contributed by atoms with Gasteiger partial charge in [0.05, 0.1) is 5.97 Å². The molecule has 0 fully saturated rings. The fourth-order valence-electron chi connectivity index (χ4n) is 1.81. The van der Waals surface area contributed by atoms with Crippen molar-refractivity contribution in [3.8, 4) is 0 Å². The summed E-state index contributed by atoms with van der Waals surface area (Å²) in [5, 5.41) is 10.7. The molecule has 0 spiro atoms. The number of carbonyl (C=O) groups is 1. The summed E-state index contributed by atoms with van der Waals surface area (Å²) in [6, 6.07) is 19.5. The number of aliphatic carboxylic acids is 1. The number of hydrogen-bond acceptors (Lipinski definition) is 3. The van der Waals surface area contributed by atoms with Crippen LogP contribution in [-0.2, 0) is 17.0 Å². The zero-order chi connectivity index (χ0) is 13.5. The van der Waals surface area contributed by atoms with Crippen LogP contribution >= 0.6 is 11.8 Å². The molecule has 2 aromatic rings. The Hall–Kier alpha value is -0.740.